The largest absolute Gasteiger partial charge is 0.433 e. The van der Waals surface area contributed by atoms with Gasteiger partial charge in [0.15, 0.2) is 0 Å². The Bertz CT molecular complexity index is 1290. The first-order valence-electron chi connectivity index (χ1n) is 10.2. The Morgan fingerprint density at radius 1 is 1.10 bits per heavy atom. The molecule has 31 heavy (non-hydrogen) atoms. The molecular weight excluding hydrogens is 405 g/mol. The van der Waals surface area contributed by atoms with Gasteiger partial charge in [0.1, 0.15) is 11.4 Å². The van der Waals surface area contributed by atoms with Gasteiger partial charge in [0.2, 0.25) is 0 Å². The number of hydrogen-bond acceptors (Lipinski definition) is 2. The minimum atomic E-state index is -4.47. The van der Waals surface area contributed by atoms with Crippen molar-refractivity contribution < 1.29 is 18.0 Å². The van der Waals surface area contributed by atoms with Crippen LogP contribution < -0.4 is 0 Å². The lowest BCUT2D eigenvalue weighted by atomic mass is 9.94. The molecule has 1 aliphatic rings. The van der Waals surface area contributed by atoms with Crippen LogP contribution in [0.5, 0.6) is 0 Å². The maximum absolute atomic E-state index is 13.1. The van der Waals surface area contributed by atoms with Crippen LogP contribution in [0.3, 0.4) is 0 Å². The number of alkyl halides is 3. The Labute approximate surface area is 176 Å². The Morgan fingerprint density at radius 3 is 2.74 bits per heavy atom. The minimum absolute atomic E-state index is 0.0212. The van der Waals surface area contributed by atoms with Gasteiger partial charge in [0.25, 0.3) is 5.91 Å². The molecule has 1 atom stereocenters. The van der Waals surface area contributed by atoms with E-state index in [2.05, 4.69) is 15.0 Å². The molecule has 1 aromatic carbocycles. The number of H-pyrrole nitrogens is 2. The molecule has 0 unspecified atom stereocenters. The number of carbonyl (C=O) groups is 1. The molecular formula is C23H21F3N4O. The van der Waals surface area contributed by atoms with Crippen molar-refractivity contribution in [3.8, 4) is 0 Å². The van der Waals surface area contributed by atoms with Crippen molar-refractivity contribution >= 4 is 27.8 Å². The molecule has 4 heterocycles. The van der Waals surface area contributed by atoms with E-state index < -0.39 is 11.9 Å². The van der Waals surface area contributed by atoms with Gasteiger partial charge in [-0.2, -0.15) is 13.2 Å². The molecule has 1 amide bonds. The second-order valence-corrected chi connectivity index (χ2v) is 8.22. The fourth-order valence-corrected chi connectivity index (χ4v) is 4.35. The molecule has 4 aromatic rings. The Morgan fingerprint density at radius 2 is 1.94 bits per heavy atom. The van der Waals surface area contributed by atoms with Crippen LogP contribution in [0.15, 0.2) is 42.5 Å². The van der Waals surface area contributed by atoms with Gasteiger partial charge in [0.05, 0.1) is 11.0 Å². The highest BCUT2D eigenvalue weighted by Crippen LogP contribution is 2.32. The lowest BCUT2D eigenvalue weighted by Crippen LogP contribution is -2.39. The van der Waals surface area contributed by atoms with E-state index in [1.165, 1.54) is 6.07 Å². The molecule has 1 fully saturated rings. The number of aromatic nitrogens is 3. The van der Waals surface area contributed by atoms with Gasteiger partial charge in [-0.25, -0.2) is 4.98 Å². The highest BCUT2D eigenvalue weighted by atomic mass is 19.4. The summed E-state index contributed by atoms with van der Waals surface area (Å²) in [6.07, 6.45) is -2.79. The summed E-state index contributed by atoms with van der Waals surface area (Å²) in [7, 11) is 0. The fraction of sp³-hybridized carbons (Fsp3) is 0.304. The quantitative estimate of drug-likeness (QED) is 0.451. The normalized spacial score (nSPS) is 17.5. The predicted molar refractivity (Wildman–Crippen MR) is 112 cm³/mol. The molecule has 8 heteroatoms. The third-order valence-corrected chi connectivity index (χ3v) is 5.94. The van der Waals surface area contributed by atoms with Gasteiger partial charge in [0, 0.05) is 35.6 Å². The van der Waals surface area contributed by atoms with Gasteiger partial charge in [-0.3, -0.25) is 4.79 Å². The summed E-state index contributed by atoms with van der Waals surface area (Å²) in [5, 5.41) is 0.990. The van der Waals surface area contributed by atoms with E-state index >= 15 is 0 Å². The maximum atomic E-state index is 13.1. The van der Waals surface area contributed by atoms with Crippen LogP contribution in [-0.2, 0) is 6.18 Å². The summed E-state index contributed by atoms with van der Waals surface area (Å²) in [6, 6.07) is 11.9. The summed E-state index contributed by atoms with van der Waals surface area (Å²) in [6.45, 7) is 3.16. The number of aromatic amines is 2. The van der Waals surface area contributed by atoms with Crippen LogP contribution in [0, 0.1) is 6.92 Å². The van der Waals surface area contributed by atoms with Crippen molar-refractivity contribution in [2.45, 2.75) is 31.9 Å². The van der Waals surface area contributed by atoms with Crippen LogP contribution in [0.4, 0.5) is 13.2 Å². The Hall–Kier alpha value is -3.29. The average molecular weight is 426 g/mol. The molecule has 0 saturated carbocycles. The molecule has 5 nitrogen and oxygen atoms in total. The average Bonchev–Trinajstić information content (AvgIpc) is 3.35. The molecule has 1 aliphatic heterocycles. The Balaban J connectivity index is 1.38. The van der Waals surface area contributed by atoms with Crippen LogP contribution in [0.2, 0.25) is 0 Å². The summed E-state index contributed by atoms with van der Waals surface area (Å²) in [5.74, 6) is -0.0417. The lowest BCUT2D eigenvalue weighted by molar-refractivity contribution is -0.140. The highest BCUT2D eigenvalue weighted by Gasteiger charge is 2.33. The summed E-state index contributed by atoms with van der Waals surface area (Å²) in [4.78, 5) is 25.1. The number of benzene rings is 1. The molecule has 5 rings (SSSR count). The summed E-state index contributed by atoms with van der Waals surface area (Å²) in [5.41, 5.74) is 3.37. The molecule has 1 saturated heterocycles. The third-order valence-electron chi connectivity index (χ3n) is 5.94. The number of fused-ring (bicyclic) bond motifs is 2. The molecule has 0 spiro atoms. The van der Waals surface area contributed by atoms with Gasteiger partial charge < -0.3 is 14.9 Å². The van der Waals surface area contributed by atoms with Crippen molar-refractivity contribution in [2.75, 3.05) is 13.1 Å². The van der Waals surface area contributed by atoms with Crippen LogP contribution in [-0.4, -0.2) is 38.8 Å². The number of rotatable bonds is 2. The zero-order chi connectivity index (χ0) is 21.8. The number of amides is 1. The minimum Gasteiger partial charge on any atom is -0.357 e. The monoisotopic (exact) mass is 426 g/mol. The summed E-state index contributed by atoms with van der Waals surface area (Å²) >= 11 is 0. The number of carbonyl (C=O) groups excluding carboxylic acids is 1. The second kappa shape index (κ2) is 7.14. The van der Waals surface area contributed by atoms with Crippen molar-refractivity contribution in [3.05, 3.63) is 65.1 Å². The number of nitrogens with zero attached hydrogens (tertiary/aromatic N) is 2. The molecule has 0 aliphatic carbocycles. The zero-order valence-electron chi connectivity index (χ0n) is 16.9. The molecule has 2 N–H and O–H groups in total. The lowest BCUT2D eigenvalue weighted by Gasteiger charge is -2.32. The topological polar surface area (TPSA) is 64.8 Å². The standard InChI is InChI=1S/C23H21F3N4O/c1-13-4-5-14-10-20(28-17(14)9-13)22(31)30-8-2-3-15(12-30)18-11-19-16(27-18)6-7-21(29-19)23(24,25)26/h4-7,9-11,15,27-28H,2-3,8,12H2,1H3/t15-/m0/s1. The maximum Gasteiger partial charge on any atom is 0.433 e. The predicted octanol–water partition coefficient (Wildman–Crippen LogP) is 5.39. The van der Waals surface area contributed by atoms with E-state index in [4.69, 9.17) is 0 Å². The highest BCUT2D eigenvalue weighted by molar-refractivity contribution is 5.98. The van der Waals surface area contributed by atoms with E-state index in [1.807, 2.05) is 36.1 Å². The number of pyridine rings is 1. The van der Waals surface area contributed by atoms with E-state index in [9.17, 15) is 18.0 Å². The first kappa shape index (κ1) is 19.7. The van der Waals surface area contributed by atoms with Crippen molar-refractivity contribution in [3.63, 3.8) is 0 Å². The van der Waals surface area contributed by atoms with E-state index in [1.54, 1.807) is 6.07 Å². The SMILES string of the molecule is Cc1ccc2cc(C(=O)N3CCC[C@H](c4cc5nc(C(F)(F)F)ccc5[nH]4)C3)[nH]c2c1. The van der Waals surface area contributed by atoms with Gasteiger partial charge in [-0.05, 0) is 55.7 Å². The number of halogens is 3. The number of hydrogen-bond donors (Lipinski definition) is 2. The third kappa shape index (κ3) is 3.66. The molecule has 0 radical (unpaired) electrons. The van der Waals surface area contributed by atoms with Gasteiger partial charge in [-0.1, -0.05) is 12.1 Å². The van der Waals surface area contributed by atoms with E-state index in [0.717, 1.165) is 41.1 Å². The van der Waals surface area contributed by atoms with Crippen molar-refractivity contribution in [1.82, 2.24) is 19.9 Å². The first-order valence-corrected chi connectivity index (χ1v) is 10.2. The zero-order valence-corrected chi connectivity index (χ0v) is 16.9. The van der Waals surface area contributed by atoms with E-state index in [-0.39, 0.29) is 11.8 Å². The Kier molecular flexibility index (Phi) is 4.53. The smallest absolute Gasteiger partial charge is 0.357 e. The number of likely N-dealkylation sites (tertiary alicyclic amines) is 1. The van der Waals surface area contributed by atoms with E-state index in [0.29, 0.717) is 29.8 Å². The number of nitrogens with one attached hydrogen (secondary N) is 2. The fourth-order valence-electron chi connectivity index (χ4n) is 4.35. The van der Waals surface area contributed by atoms with Gasteiger partial charge >= 0.3 is 6.18 Å². The number of piperidine rings is 1. The molecule has 160 valence electrons. The first-order chi connectivity index (χ1) is 14.8. The number of aryl methyl sites for hydroxylation is 1. The second-order valence-electron chi connectivity index (χ2n) is 8.22. The van der Waals surface area contributed by atoms with Crippen molar-refractivity contribution in [2.24, 2.45) is 0 Å². The van der Waals surface area contributed by atoms with Gasteiger partial charge in [-0.15, -0.1) is 0 Å². The van der Waals surface area contributed by atoms with Crippen LogP contribution in [0.1, 0.15) is 46.2 Å². The molecule has 0 bridgehead atoms. The van der Waals surface area contributed by atoms with Crippen LogP contribution in [0.25, 0.3) is 21.9 Å². The van der Waals surface area contributed by atoms with Crippen LogP contribution >= 0.6 is 0 Å². The molecule has 3 aromatic heterocycles. The summed E-state index contributed by atoms with van der Waals surface area (Å²) < 4.78 is 38.9. The van der Waals surface area contributed by atoms with Crippen molar-refractivity contribution in [1.29, 1.82) is 0 Å².